The molecule has 0 radical (unpaired) electrons. The Kier molecular flexibility index (Phi) is 9.57. The number of ether oxygens (including phenoxy) is 2. The van der Waals surface area contributed by atoms with E-state index in [1.807, 2.05) is 85.1 Å². The Bertz CT molecular complexity index is 2000. The molecule has 0 bridgehead atoms. The first-order valence-corrected chi connectivity index (χ1v) is 16.5. The maximum Gasteiger partial charge on any atom is 0.291 e. The summed E-state index contributed by atoms with van der Waals surface area (Å²) in [6.07, 6.45) is 9.09. The van der Waals surface area contributed by atoms with E-state index >= 15 is 0 Å². The van der Waals surface area contributed by atoms with Crippen LogP contribution in [0.3, 0.4) is 0 Å². The van der Waals surface area contributed by atoms with Crippen molar-refractivity contribution in [1.29, 1.82) is 0 Å². The Hall–Kier alpha value is -4.47. The number of unbranched alkanes of at least 4 members (excludes halogenated alkanes) is 3. The van der Waals surface area contributed by atoms with Crippen LogP contribution in [0.4, 0.5) is 0 Å². The first kappa shape index (κ1) is 30.6. The Labute approximate surface area is 270 Å². The highest BCUT2D eigenvalue weighted by Crippen LogP contribution is 2.32. The van der Waals surface area contributed by atoms with E-state index in [-0.39, 0.29) is 5.56 Å². The second kappa shape index (κ2) is 14.1. The van der Waals surface area contributed by atoms with Crippen molar-refractivity contribution in [2.24, 2.45) is 0 Å². The van der Waals surface area contributed by atoms with Crippen molar-refractivity contribution in [3.63, 3.8) is 0 Å². The van der Waals surface area contributed by atoms with Crippen molar-refractivity contribution in [3.8, 4) is 39.8 Å². The molecule has 6 aromatic rings. The largest absolute Gasteiger partial charge is 0.494 e. The zero-order valence-corrected chi connectivity index (χ0v) is 26.9. The van der Waals surface area contributed by atoms with Gasteiger partial charge in [-0.15, -0.1) is 5.10 Å². The second-order valence-corrected chi connectivity index (χ2v) is 12.1. The molecular formula is C35H34ClN5O3S. The van der Waals surface area contributed by atoms with E-state index in [2.05, 4.69) is 23.9 Å². The van der Waals surface area contributed by atoms with Crippen LogP contribution in [-0.2, 0) is 0 Å². The van der Waals surface area contributed by atoms with Crippen molar-refractivity contribution >= 4 is 34.0 Å². The fourth-order valence-electron chi connectivity index (χ4n) is 4.86. The van der Waals surface area contributed by atoms with Crippen LogP contribution in [-0.4, -0.2) is 37.6 Å². The molecule has 10 heteroatoms. The van der Waals surface area contributed by atoms with Crippen molar-refractivity contribution in [2.75, 3.05) is 13.2 Å². The summed E-state index contributed by atoms with van der Waals surface area (Å²) in [5, 5.41) is 9.94. The highest BCUT2D eigenvalue weighted by molar-refractivity contribution is 7.15. The van der Waals surface area contributed by atoms with E-state index in [1.165, 1.54) is 15.9 Å². The summed E-state index contributed by atoms with van der Waals surface area (Å²) in [4.78, 5) is 18.7. The van der Waals surface area contributed by atoms with E-state index in [9.17, 15) is 4.79 Å². The van der Waals surface area contributed by atoms with Crippen LogP contribution in [0.25, 0.3) is 39.4 Å². The molecule has 0 saturated carbocycles. The van der Waals surface area contributed by atoms with Gasteiger partial charge in [-0.05, 0) is 73.5 Å². The number of nitrogens with zero attached hydrogens (tertiary/aromatic N) is 5. The molecule has 0 aliphatic rings. The van der Waals surface area contributed by atoms with Crippen molar-refractivity contribution in [2.45, 2.75) is 46.0 Å². The van der Waals surface area contributed by atoms with Gasteiger partial charge in [-0.2, -0.15) is 14.6 Å². The number of thiazole rings is 1. The minimum Gasteiger partial charge on any atom is -0.494 e. The molecule has 45 heavy (non-hydrogen) atoms. The van der Waals surface area contributed by atoms with E-state index in [1.54, 1.807) is 4.68 Å². The average Bonchev–Trinajstić information content (AvgIpc) is 3.76. The number of halogens is 1. The lowest BCUT2D eigenvalue weighted by molar-refractivity contribution is 0.306. The van der Waals surface area contributed by atoms with Gasteiger partial charge < -0.3 is 9.47 Å². The van der Waals surface area contributed by atoms with Gasteiger partial charge in [0.1, 0.15) is 17.2 Å². The zero-order valence-electron chi connectivity index (χ0n) is 25.3. The summed E-state index contributed by atoms with van der Waals surface area (Å²) < 4.78 is 15.3. The summed E-state index contributed by atoms with van der Waals surface area (Å²) in [6.45, 7) is 5.59. The molecule has 0 aliphatic heterocycles. The molecule has 0 spiro atoms. The molecule has 230 valence electrons. The highest BCUT2D eigenvalue weighted by atomic mass is 35.5. The normalized spacial score (nSPS) is 11.8. The summed E-state index contributed by atoms with van der Waals surface area (Å²) in [6, 6.07) is 23.2. The Balaban J connectivity index is 1.32. The maximum atomic E-state index is 13.5. The third-order valence-electron chi connectivity index (χ3n) is 7.32. The van der Waals surface area contributed by atoms with Gasteiger partial charge in [-0.3, -0.25) is 4.79 Å². The fourth-order valence-corrected chi connectivity index (χ4v) is 6.00. The Morgan fingerprint density at radius 3 is 2.36 bits per heavy atom. The van der Waals surface area contributed by atoms with E-state index in [0.29, 0.717) is 45.0 Å². The Morgan fingerprint density at radius 2 is 1.62 bits per heavy atom. The molecular weight excluding hydrogens is 606 g/mol. The average molecular weight is 640 g/mol. The SMILES string of the molecule is CCCCCOc1ccc(-c2nc3sc(=Cc4cn(-c5ccccc5)nc4-c4ccc(OCCCC)c(Cl)c4)c(=O)n3n2)cc1. The van der Waals surface area contributed by atoms with Gasteiger partial charge in [-0.1, -0.05) is 74.2 Å². The second-order valence-electron chi connectivity index (χ2n) is 10.7. The number of aromatic nitrogens is 5. The van der Waals surface area contributed by atoms with Gasteiger partial charge in [0.2, 0.25) is 4.96 Å². The quantitative estimate of drug-likeness (QED) is 0.121. The van der Waals surface area contributed by atoms with Crippen LogP contribution in [0.1, 0.15) is 51.5 Å². The minimum absolute atomic E-state index is 0.235. The molecule has 6 rings (SSSR count). The van der Waals surface area contributed by atoms with Crippen LogP contribution < -0.4 is 19.6 Å². The van der Waals surface area contributed by atoms with Crippen molar-refractivity contribution in [3.05, 3.63) is 104 Å². The summed E-state index contributed by atoms with van der Waals surface area (Å²) >= 11 is 7.91. The standard InChI is InChI=1S/C35H34ClN5O3S/c1-3-5-10-20-43-28-16-13-24(14-17-28)33-37-35-41(39-33)34(42)31(45-35)22-26-23-40(27-11-8-7-9-12-27)38-32(26)25-15-18-30(29(36)21-25)44-19-6-4-2/h7-9,11-18,21-23H,3-6,10,19-20H2,1-2H3. The number of rotatable bonds is 13. The smallest absolute Gasteiger partial charge is 0.291 e. The lowest BCUT2D eigenvalue weighted by Crippen LogP contribution is -2.23. The van der Waals surface area contributed by atoms with Gasteiger partial charge in [0, 0.05) is 22.9 Å². The summed E-state index contributed by atoms with van der Waals surface area (Å²) in [5.74, 6) is 1.94. The molecule has 0 unspecified atom stereocenters. The zero-order chi connectivity index (χ0) is 31.2. The van der Waals surface area contributed by atoms with Crippen LogP contribution in [0.5, 0.6) is 11.5 Å². The van der Waals surface area contributed by atoms with Crippen LogP contribution in [0.15, 0.2) is 83.8 Å². The van der Waals surface area contributed by atoms with Crippen LogP contribution in [0.2, 0.25) is 5.02 Å². The third-order valence-corrected chi connectivity index (χ3v) is 8.58. The maximum absolute atomic E-state index is 13.5. The molecule has 0 aliphatic carbocycles. The molecule has 3 aromatic carbocycles. The van der Waals surface area contributed by atoms with Gasteiger partial charge in [0.15, 0.2) is 5.82 Å². The minimum atomic E-state index is -0.235. The predicted octanol–water partition coefficient (Wildman–Crippen LogP) is 7.62. The van der Waals surface area contributed by atoms with E-state index in [4.69, 9.17) is 26.2 Å². The van der Waals surface area contributed by atoms with Crippen LogP contribution >= 0.6 is 22.9 Å². The molecule has 0 amide bonds. The number of benzene rings is 3. The monoisotopic (exact) mass is 639 g/mol. The first-order valence-electron chi connectivity index (χ1n) is 15.3. The summed E-state index contributed by atoms with van der Waals surface area (Å²) in [7, 11) is 0. The lowest BCUT2D eigenvalue weighted by Gasteiger charge is -2.09. The first-order chi connectivity index (χ1) is 22.0. The molecule has 0 atom stereocenters. The van der Waals surface area contributed by atoms with Gasteiger partial charge in [0.25, 0.3) is 5.56 Å². The molecule has 3 heterocycles. The molecule has 3 aromatic heterocycles. The summed E-state index contributed by atoms with van der Waals surface area (Å²) in [5.41, 5.74) is 3.76. The van der Waals surface area contributed by atoms with Gasteiger partial charge >= 0.3 is 0 Å². The van der Waals surface area contributed by atoms with Gasteiger partial charge in [0.05, 0.1) is 28.5 Å². The number of hydrogen-bond acceptors (Lipinski definition) is 7. The predicted molar refractivity (Wildman–Crippen MR) is 181 cm³/mol. The van der Waals surface area contributed by atoms with Crippen LogP contribution in [0, 0.1) is 0 Å². The Morgan fingerprint density at radius 1 is 0.867 bits per heavy atom. The molecule has 0 N–H and O–H groups in total. The van der Waals surface area contributed by atoms with Crippen molar-refractivity contribution < 1.29 is 9.47 Å². The van der Waals surface area contributed by atoms with Crippen molar-refractivity contribution in [1.82, 2.24) is 24.4 Å². The molecule has 8 nitrogen and oxygen atoms in total. The lowest BCUT2D eigenvalue weighted by atomic mass is 10.1. The number of fused-ring (bicyclic) bond motifs is 1. The fraction of sp³-hybridized carbons (Fsp3) is 0.257. The van der Waals surface area contributed by atoms with E-state index < -0.39 is 0 Å². The van der Waals surface area contributed by atoms with Gasteiger partial charge in [-0.25, -0.2) is 4.68 Å². The number of hydrogen-bond donors (Lipinski definition) is 0. The highest BCUT2D eigenvalue weighted by Gasteiger charge is 2.16. The third kappa shape index (κ3) is 6.95. The van der Waals surface area contributed by atoms with E-state index in [0.717, 1.165) is 60.2 Å². The number of para-hydroxylation sites is 1. The molecule has 0 saturated heterocycles. The topological polar surface area (TPSA) is 83.5 Å². The molecule has 0 fully saturated rings.